The van der Waals surface area contributed by atoms with Crippen LogP contribution in [0.4, 0.5) is 0 Å². The highest BCUT2D eigenvalue weighted by atomic mass is 32.2. The molecule has 1 aromatic rings. The Labute approximate surface area is 89.7 Å². The number of carbonyl (C=O) groups is 1. The van der Waals surface area contributed by atoms with Crippen molar-refractivity contribution in [3.63, 3.8) is 0 Å². The van der Waals surface area contributed by atoms with Gasteiger partial charge in [0.25, 0.3) is 0 Å². The molecule has 0 saturated carbocycles. The van der Waals surface area contributed by atoms with E-state index in [4.69, 9.17) is 0 Å². The van der Waals surface area contributed by atoms with Gasteiger partial charge in [-0.3, -0.25) is 9.00 Å². The van der Waals surface area contributed by atoms with Gasteiger partial charge in [-0.25, -0.2) is 8.42 Å². The Bertz CT molecular complexity index is 545. The summed E-state index contributed by atoms with van der Waals surface area (Å²) in [6, 6.07) is 6.05. The first kappa shape index (κ1) is 10.5. The molecule has 0 fully saturated rings. The van der Waals surface area contributed by atoms with Crippen molar-refractivity contribution in [2.45, 2.75) is 9.79 Å². The molecule has 0 N–H and O–H groups in total. The molecule has 2 rings (SSSR count). The van der Waals surface area contributed by atoms with E-state index < -0.39 is 32.2 Å². The minimum Gasteiger partial charge on any atom is -0.298 e. The minimum atomic E-state index is -3.60. The second-order valence-electron chi connectivity index (χ2n) is 3.23. The van der Waals surface area contributed by atoms with Crippen molar-refractivity contribution in [2.75, 3.05) is 11.5 Å². The van der Waals surface area contributed by atoms with Crippen molar-refractivity contribution in [2.24, 2.45) is 0 Å². The lowest BCUT2D eigenvalue weighted by atomic mass is 10.4. The molecule has 1 aliphatic heterocycles. The lowest BCUT2D eigenvalue weighted by Crippen LogP contribution is -2.16. The summed E-state index contributed by atoms with van der Waals surface area (Å²) in [5, 5.41) is 0. The second kappa shape index (κ2) is 3.53. The van der Waals surface area contributed by atoms with Gasteiger partial charge >= 0.3 is 0 Å². The van der Waals surface area contributed by atoms with Crippen LogP contribution in [0.3, 0.4) is 0 Å². The molecule has 0 amide bonds. The van der Waals surface area contributed by atoms with E-state index in [0.29, 0.717) is 0 Å². The van der Waals surface area contributed by atoms with E-state index in [1.807, 2.05) is 0 Å². The standard InChI is InChI=1S/C9H8O4S2/c10-7-5-14(11)8-3-1-2-4-9(8)15(12,13)6-7/h1-4H,5-6H2. The van der Waals surface area contributed by atoms with Gasteiger partial charge < -0.3 is 0 Å². The van der Waals surface area contributed by atoms with Crippen molar-refractivity contribution >= 4 is 26.4 Å². The summed E-state index contributed by atoms with van der Waals surface area (Å²) in [5.41, 5.74) is 0. The molecule has 4 nitrogen and oxygen atoms in total. The fourth-order valence-corrected chi connectivity index (χ4v) is 4.65. The fourth-order valence-electron chi connectivity index (χ4n) is 1.45. The summed E-state index contributed by atoms with van der Waals surface area (Å²) in [6.45, 7) is 0. The number of rotatable bonds is 0. The highest BCUT2D eigenvalue weighted by molar-refractivity contribution is 7.94. The summed E-state index contributed by atoms with van der Waals surface area (Å²) in [4.78, 5) is 11.5. The summed E-state index contributed by atoms with van der Waals surface area (Å²) in [5.74, 6) is -1.25. The zero-order valence-corrected chi connectivity index (χ0v) is 9.31. The van der Waals surface area contributed by atoms with Crippen LogP contribution in [-0.4, -0.2) is 29.9 Å². The van der Waals surface area contributed by atoms with Crippen LogP contribution in [0.25, 0.3) is 0 Å². The first-order valence-electron chi connectivity index (χ1n) is 4.22. The van der Waals surface area contributed by atoms with Crippen molar-refractivity contribution in [3.05, 3.63) is 24.3 Å². The number of hydrogen-bond donors (Lipinski definition) is 0. The highest BCUT2D eigenvalue weighted by Gasteiger charge is 2.29. The fraction of sp³-hybridized carbons (Fsp3) is 0.222. The van der Waals surface area contributed by atoms with Gasteiger partial charge in [0.1, 0.15) is 5.75 Å². The Balaban J connectivity index is 2.74. The maximum Gasteiger partial charge on any atom is 0.186 e. The van der Waals surface area contributed by atoms with Crippen molar-refractivity contribution in [1.82, 2.24) is 0 Å². The van der Waals surface area contributed by atoms with Gasteiger partial charge in [0, 0.05) is 0 Å². The van der Waals surface area contributed by atoms with Crippen LogP contribution in [0.1, 0.15) is 0 Å². The van der Waals surface area contributed by atoms with Gasteiger partial charge in [0.2, 0.25) is 0 Å². The lowest BCUT2D eigenvalue weighted by molar-refractivity contribution is -0.114. The Morgan fingerprint density at radius 3 is 2.60 bits per heavy atom. The van der Waals surface area contributed by atoms with Gasteiger partial charge in [-0.05, 0) is 12.1 Å². The Kier molecular flexibility index (Phi) is 2.47. The number of carbonyl (C=O) groups excluding carboxylic acids is 1. The van der Waals surface area contributed by atoms with E-state index in [-0.39, 0.29) is 15.5 Å². The van der Waals surface area contributed by atoms with E-state index in [2.05, 4.69) is 0 Å². The van der Waals surface area contributed by atoms with Crippen LogP contribution in [0.5, 0.6) is 0 Å². The van der Waals surface area contributed by atoms with Crippen LogP contribution < -0.4 is 0 Å². The molecule has 1 atom stereocenters. The molecular weight excluding hydrogens is 236 g/mol. The third kappa shape index (κ3) is 1.87. The van der Waals surface area contributed by atoms with E-state index in [1.165, 1.54) is 12.1 Å². The van der Waals surface area contributed by atoms with Gasteiger partial charge in [-0.15, -0.1) is 0 Å². The molecule has 1 unspecified atom stereocenters. The number of benzene rings is 1. The zero-order chi connectivity index (χ0) is 11.1. The zero-order valence-electron chi connectivity index (χ0n) is 7.67. The monoisotopic (exact) mass is 244 g/mol. The van der Waals surface area contributed by atoms with Crippen molar-refractivity contribution in [1.29, 1.82) is 0 Å². The second-order valence-corrected chi connectivity index (χ2v) is 6.61. The summed E-state index contributed by atoms with van der Waals surface area (Å²) in [6.07, 6.45) is 0. The Hall–Kier alpha value is -1.01. The van der Waals surface area contributed by atoms with Gasteiger partial charge in [0.15, 0.2) is 15.6 Å². The largest absolute Gasteiger partial charge is 0.298 e. The first-order valence-corrected chi connectivity index (χ1v) is 7.20. The van der Waals surface area contributed by atoms with Crippen LogP contribution in [0.2, 0.25) is 0 Å². The topological polar surface area (TPSA) is 68.3 Å². The number of ketones is 1. The normalized spacial score (nSPS) is 24.3. The minimum absolute atomic E-state index is 0.0224. The molecule has 0 bridgehead atoms. The van der Waals surface area contributed by atoms with Gasteiger partial charge in [0.05, 0.1) is 26.3 Å². The number of sulfone groups is 1. The molecule has 15 heavy (non-hydrogen) atoms. The molecule has 0 aromatic heterocycles. The van der Waals surface area contributed by atoms with Crippen molar-refractivity contribution in [3.8, 4) is 0 Å². The average Bonchev–Trinajstić information content (AvgIpc) is 2.23. The van der Waals surface area contributed by atoms with E-state index in [1.54, 1.807) is 12.1 Å². The third-order valence-electron chi connectivity index (χ3n) is 2.07. The third-order valence-corrected chi connectivity index (χ3v) is 5.36. The summed E-state index contributed by atoms with van der Waals surface area (Å²) in [7, 11) is -5.14. The summed E-state index contributed by atoms with van der Waals surface area (Å²) >= 11 is 0. The smallest absolute Gasteiger partial charge is 0.186 e. The maximum absolute atomic E-state index is 11.7. The molecule has 6 heteroatoms. The SMILES string of the molecule is O=C1CS(=O)c2ccccc2S(=O)(=O)C1. The van der Waals surface area contributed by atoms with E-state index >= 15 is 0 Å². The molecule has 0 spiro atoms. The molecule has 1 aromatic carbocycles. The first-order chi connectivity index (χ1) is 7.00. The Morgan fingerprint density at radius 1 is 1.20 bits per heavy atom. The predicted octanol–water partition coefficient (Wildman–Crippen LogP) is 0.151. The van der Waals surface area contributed by atoms with Crippen LogP contribution in [0, 0.1) is 0 Å². The van der Waals surface area contributed by atoms with Crippen LogP contribution in [-0.2, 0) is 25.4 Å². The van der Waals surface area contributed by atoms with Gasteiger partial charge in [-0.2, -0.15) is 0 Å². The quantitative estimate of drug-likeness (QED) is 0.651. The van der Waals surface area contributed by atoms with Crippen molar-refractivity contribution < 1.29 is 17.4 Å². The highest BCUT2D eigenvalue weighted by Crippen LogP contribution is 2.23. The molecule has 80 valence electrons. The molecule has 0 aliphatic carbocycles. The van der Waals surface area contributed by atoms with E-state index in [9.17, 15) is 17.4 Å². The maximum atomic E-state index is 11.7. The molecule has 0 radical (unpaired) electrons. The van der Waals surface area contributed by atoms with Gasteiger partial charge in [-0.1, -0.05) is 12.1 Å². The molecular formula is C9H8O4S2. The van der Waals surface area contributed by atoms with E-state index in [0.717, 1.165) is 0 Å². The number of hydrogen-bond acceptors (Lipinski definition) is 4. The van der Waals surface area contributed by atoms with Crippen LogP contribution >= 0.6 is 0 Å². The predicted molar refractivity (Wildman–Crippen MR) is 54.8 cm³/mol. The Morgan fingerprint density at radius 2 is 1.87 bits per heavy atom. The lowest BCUT2D eigenvalue weighted by Gasteiger charge is -2.02. The molecule has 0 saturated heterocycles. The number of fused-ring (bicyclic) bond motifs is 1. The molecule has 1 aliphatic rings. The van der Waals surface area contributed by atoms with Crippen LogP contribution in [0.15, 0.2) is 34.1 Å². The average molecular weight is 244 g/mol. The summed E-state index contributed by atoms with van der Waals surface area (Å²) < 4.78 is 35.0. The number of Topliss-reactive ketones (excluding diaryl/α,β-unsaturated/α-hetero) is 1. The molecule has 1 heterocycles.